The van der Waals surface area contributed by atoms with Crippen molar-refractivity contribution in [3.63, 3.8) is 0 Å². The van der Waals surface area contributed by atoms with E-state index in [1.807, 2.05) is 29.2 Å². The Morgan fingerprint density at radius 3 is 2.55 bits per heavy atom. The zero-order valence-corrected chi connectivity index (χ0v) is 18.4. The molecule has 2 atom stereocenters. The summed E-state index contributed by atoms with van der Waals surface area (Å²) in [7, 11) is -3.08. The van der Waals surface area contributed by atoms with E-state index in [1.165, 1.54) is 11.8 Å². The van der Waals surface area contributed by atoms with Crippen molar-refractivity contribution < 1.29 is 13.2 Å². The number of carbonyl (C=O) groups is 1. The second-order valence-electron chi connectivity index (χ2n) is 7.11. The number of amides is 1. The van der Waals surface area contributed by atoms with Crippen LogP contribution in [0, 0.1) is 0 Å². The van der Waals surface area contributed by atoms with E-state index in [9.17, 15) is 13.2 Å². The van der Waals surface area contributed by atoms with Crippen LogP contribution in [0.3, 0.4) is 0 Å². The molecule has 2 heterocycles. The largest absolute Gasteiger partial charge is 0.342 e. The SMILES string of the molecule is O=C(Cc1ccccc1Cl)N=C1S[C@@H]2CS(=O)(=O)C[C@H]2N1Cc1ccc(Cl)cc1. The molecule has 2 saturated heterocycles. The fourth-order valence-corrected chi connectivity index (χ4v) is 7.85. The van der Waals surface area contributed by atoms with Gasteiger partial charge in [0.1, 0.15) is 0 Å². The number of fused-ring (bicyclic) bond motifs is 1. The van der Waals surface area contributed by atoms with Crippen LogP contribution in [-0.2, 0) is 27.6 Å². The summed E-state index contributed by atoms with van der Waals surface area (Å²) in [5.41, 5.74) is 1.70. The van der Waals surface area contributed by atoms with Crippen LogP contribution in [-0.4, -0.2) is 47.2 Å². The summed E-state index contributed by atoms with van der Waals surface area (Å²) < 4.78 is 24.2. The van der Waals surface area contributed by atoms with E-state index in [-0.39, 0.29) is 35.1 Å². The van der Waals surface area contributed by atoms with Crippen LogP contribution in [0.25, 0.3) is 0 Å². The predicted molar refractivity (Wildman–Crippen MR) is 118 cm³/mol. The van der Waals surface area contributed by atoms with Crippen LogP contribution >= 0.6 is 35.0 Å². The first-order chi connectivity index (χ1) is 13.8. The van der Waals surface area contributed by atoms with Crippen molar-refractivity contribution in [2.75, 3.05) is 11.5 Å². The summed E-state index contributed by atoms with van der Waals surface area (Å²) in [4.78, 5) is 18.9. The number of rotatable bonds is 4. The molecule has 2 aromatic carbocycles. The number of amidine groups is 1. The van der Waals surface area contributed by atoms with Gasteiger partial charge in [-0.15, -0.1) is 0 Å². The van der Waals surface area contributed by atoms with Crippen LogP contribution in [0.15, 0.2) is 53.5 Å². The molecule has 4 rings (SSSR count). The van der Waals surface area contributed by atoms with Crippen LogP contribution < -0.4 is 0 Å². The molecule has 9 heteroatoms. The highest BCUT2D eigenvalue weighted by atomic mass is 35.5. The number of thioether (sulfide) groups is 1. The van der Waals surface area contributed by atoms with Crippen LogP contribution in [0.5, 0.6) is 0 Å². The van der Waals surface area contributed by atoms with E-state index in [2.05, 4.69) is 4.99 Å². The molecule has 2 fully saturated rings. The molecule has 2 aliphatic heterocycles. The summed E-state index contributed by atoms with van der Waals surface area (Å²) in [6, 6.07) is 14.4. The highest BCUT2D eigenvalue weighted by Gasteiger charge is 2.48. The summed E-state index contributed by atoms with van der Waals surface area (Å²) >= 11 is 13.5. The Bertz CT molecular complexity index is 1070. The summed E-state index contributed by atoms with van der Waals surface area (Å²) in [6.45, 7) is 0.471. The summed E-state index contributed by atoms with van der Waals surface area (Å²) in [5.74, 6) is -0.114. The molecule has 1 amide bonds. The number of hydrogen-bond acceptors (Lipinski definition) is 4. The fraction of sp³-hybridized carbons (Fsp3) is 0.300. The topological polar surface area (TPSA) is 66.8 Å². The van der Waals surface area contributed by atoms with E-state index >= 15 is 0 Å². The lowest BCUT2D eigenvalue weighted by Gasteiger charge is -2.24. The molecule has 5 nitrogen and oxygen atoms in total. The Kier molecular flexibility index (Phi) is 5.93. The quantitative estimate of drug-likeness (QED) is 0.681. The van der Waals surface area contributed by atoms with Gasteiger partial charge in [-0.1, -0.05) is 65.3 Å². The Hall–Kier alpha value is -1.54. The Labute approximate surface area is 184 Å². The third-order valence-corrected chi connectivity index (χ3v) is 8.83. The third-order valence-electron chi connectivity index (χ3n) is 4.96. The number of hydrogen-bond donors (Lipinski definition) is 0. The van der Waals surface area contributed by atoms with Crippen molar-refractivity contribution in [1.82, 2.24) is 4.90 Å². The van der Waals surface area contributed by atoms with E-state index < -0.39 is 9.84 Å². The average Bonchev–Trinajstić information content (AvgIpc) is 3.11. The zero-order chi connectivity index (χ0) is 20.6. The molecular weight excluding hydrogens is 451 g/mol. The Morgan fingerprint density at radius 2 is 1.83 bits per heavy atom. The number of carbonyl (C=O) groups excluding carboxylic acids is 1. The second-order valence-corrected chi connectivity index (χ2v) is 11.3. The van der Waals surface area contributed by atoms with Gasteiger partial charge in [-0.2, -0.15) is 4.99 Å². The van der Waals surface area contributed by atoms with Gasteiger partial charge in [0.05, 0.1) is 24.0 Å². The highest BCUT2D eigenvalue weighted by molar-refractivity contribution is 8.15. The maximum atomic E-state index is 12.6. The molecule has 0 aliphatic carbocycles. The number of benzene rings is 2. The lowest BCUT2D eigenvalue weighted by molar-refractivity contribution is -0.117. The van der Waals surface area contributed by atoms with Crippen molar-refractivity contribution in [3.8, 4) is 0 Å². The fourth-order valence-electron chi connectivity index (χ4n) is 3.56. The monoisotopic (exact) mass is 468 g/mol. The van der Waals surface area contributed by atoms with Crippen LogP contribution in [0.1, 0.15) is 11.1 Å². The van der Waals surface area contributed by atoms with Crippen molar-refractivity contribution >= 4 is 55.9 Å². The maximum Gasteiger partial charge on any atom is 0.252 e. The minimum atomic E-state index is -3.08. The number of aliphatic imine (C=N–C) groups is 1. The van der Waals surface area contributed by atoms with Gasteiger partial charge in [0.25, 0.3) is 5.91 Å². The molecular formula is C20H18Cl2N2O3S2. The first-order valence-corrected chi connectivity index (χ1v) is 12.5. The Balaban J connectivity index is 1.58. The molecule has 0 unspecified atom stereocenters. The highest BCUT2D eigenvalue weighted by Crippen LogP contribution is 2.39. The van der Waals surface area contributed by atoms with Crippen LogP contribution in [0.4, 0.5) is 0 Å². The van der Waals surface area contributed by atoms with E-state index in [0.29, 0.717) is 21.8 Å². The minimum Gasteiger partial charge on any atom is -0.342 e. The molecule has 0 saturated carbocycles. The minimum absolute atomic E-state index is 0.0793. The normalized spacial score (nSPS) is 24.1. The molecule has 2 aromatic rings. The first-order valence-electron chi connectivity index (χ1n) is 9.04. The molecule has 29 heavy (non-hydrogen) atoms. The molecule has 152 valence electrons. The maximum absolute atomic E-state index is 12.6. The van der Waals surface area contributed by atoms with E-state index in [1.54, 1.807) is 24.3 Å². The number of nitrogens with zero attached hydrogens (tertiary/aromatic N) is 2. The zero-order valence-electron chi connectivity index (χ0n) is 15.3. The molecule has 0 spiro atoms. The van der Waals surface area contributed by atoms with Gasteiger partial charge in [0.2, 0.25) is 0 Å². The average molecular weight is 469 g/mol. The van der Waals surface area contributed by atoms with Crippen molar-refractivity contribution in [3.05, 3.63) is 69.7 Å². The molecule has 0 bridgehead atoms. The second kappa shape index (κ2) is 8.30. The van der Waals surface area contributed by atoms with Gasteiger partial charge >= 0.3 is 0 Å². The molecule has 0 N–H and O–H groups in total. The third kappa shape index (κ3) is 4.79. The van der Waals surface area contributed by atoms with E-state index in [0.717, 1.165) is 11.1 Å². The summed E-state index contributed by atoms with van der Waals surface area (Å²) in [5, 5.41) is 1.62. The molecule has 0 radical (unpaired) electrons. The Morgan fingerprint density at radius 1 is 1.10 bits per heavy atom. The van der Waals surface area contributed by atoms with Gasteiger partial charge in [0.15, 0.2) is 15.0 Å². The van der Waals surface area contributed by atoms with E-state index in [4.69, 9.17) is 23.2 Å². The lowest BCUT2D eigenvalue weighted by atomic mass is 10.1. The van der Waals surface area contributed by atoms with Crippen molar-refractivity contribution in [1.29, 1.82) is 0 Å². The van der Waals surface area contributed by atoms with Gasteiger partial charge < -0.3 is 4.90 Å². The van der Waals surface area contributed by atoms with Crippen LogP contribution in [0.2, 0.25) is 10.0 Å². The van der Waals surface area contributed by atoms with Gasteiger partial charge in [0, 0.05) is 21.8 Å². The van der Waals surface area contributed by atoms with Gasteiger partial charge in [-0.05, 0) is 29.3 Å². The number of halogens is 2. The smallest absolute Gasteiger partial charge is 0.252 e. The van der Waals surface area contributed by atoms with Crippen molar-refractivity contribution in [2.24, 2.45) is 4.99 Å². The predicted octanol–water partition coefficient (Wildman–Crippen LogP) is 3.83. The molecule has 0 aromatic heterocycles. The van der Waals surface area contributed by atoms with Gasteiger partial charge in [-0.25, -0.2) is 8.42 Å². The first kappa shape index (κ1) is 20.7. The summed E-state index contributed by atoms with van der Waals surface area (Å²) in [6.07, 6.45) is 0.103. The van der Waals surface area contributed by atoms with Crippen molar-refractivity contribution in [2.45, 2.75) is 24.3 Å². The standard InChI is InChI=1S/C20H18Cl2N2O3S2/c21-15-7-5-13(6-8-15)10-24-17-11-29(26,27)12-18(17)28-20(24)23-19(25)9-14-3-1-2-4-16(14)22/h1-8,17-18H,9-12H2/t17-,18-/m1/s1. The molecule has 2 aliphatic rings. The van der Waals surface area contributed by atoms with Gasteiger partial charge in [-0.3, -0.25) is 4.79 Å². The lowest BCUT2D eigenvalue weighted by Crippen LogP contribution is -2.37. The number of sulfone groups is 1.